The number of amides is 1. The van der Waals surface area contributed by atoms with E-state index in [9.17, 15) is 14.7 Å². The average molecular weight is 441 g/mol. The van der Waals surface area contributed by atoms with Gasteiger partial charge in [-0.1, -0.05) is 96.8 Å². The van der Waals surface area contributed by atoms with Crippen molar-refractivity contribution in [3.63, 3.8) is 0 Å². The molecule has 0 saturated carbocycles. The number of nitrogens with one attached hydrogen (secondary N) is 3. The van der Waals surface area contributed by atoms with Crippen LogP contribution in [0.1, 0.15) is 122 Å². The molecule has 1 atom stereocenters. The minimum Gasteiger partial charge on any atom is -0.480 e. The second-order valence-electron chi connectivity index (χ2n) is 8.64. The van der Waals surface area contributed by atoms with Gasteiger partial charge in [0.15, 0.2) is 5.96 Å². The lowest BCUT2D eigenvalue weighted by Gasteiger charge is -2.14. The maximum Gasteiger partial charge on any atom is 0.326 e. The number of carboxylic acid groups (broad SMARTS) is 1. The van der Waals surface area contributed by atoms with Gasteiger partial charge in [0.1, 0.15) is 6.04 Å². The molecule has 0 aromatic rings. The van der Waals surface area contributed by atoms with Crippen molar-refractivity contribution in [2.75, 3.05) is 6.54 Å². The van der Waals surface area contributed by atoms with Crippen LogP contribution in [-0.4, -0.2) is 35.5 Å². The molecule has 0 aromatic heterocycles. The predicted molar refractivity (Wildman–Crippen MR) is 128 cm³/mol. The third-order valence-corrected chi connectivity index (χ3v) is 5.63. The van der Waals surface area contributed by atoms with Crippen molar-refractivity contribution < 1.29 is 14.7 Å². The van der Waals surface area contributed by atoms with E-state index in [4.69, 9.17) is 11.1 Å². The van der Waals surface area contributed by atoms with Gasteiger partial charge in [-0.3, -0.25) is 10.2 Å². The van der Waals surface area contributed by atoms with E-state index in [-0.39, 0.29) is 11.9 Å². The summed E-state index contributed by atoms with van der Waals surface area (Å²) < 4.78 is 0. The summed E-state index contributed by atoms with van der Waals surface area (Å²) in [5, 5.41) is 21.5. The number of guanidine groups is 1. The number of nitrogens with two attached hydrogens (primary N) is 1. The highest BCUT2D eigenvalue weighted by Gasteiger charge is 2.19. The van der Waals surface area contributed by atoms with E-state index in [2.05, 4.69) is 17.6 Å². The van der Waals surface area contributed by atoms with E-state index in [0.29, 0.717) is 25.8 Å². The van der Waals surface area contributed by atoms with Crippen LogP contribution in [0, 0.1) is 5.41 Å². The molecule has 0 bridgehead atoms. The molecule has 0 aliphatic rings. The highest BCUT2D eigenvalue weighted by Crippen LogP contribution is 2.13. The molecule has 6 N–H and O–H groups in total. The summed E-state index contributed by atoms with van der Waals surface area (Å²) in [6.07, 6.45) is 20.4. The Hall–Kier alpha value is -1.79. The Kier molecular flexibility index (Phi) is 20.2. The molecule has 7 nitrogen and oxygen atoms in total. The molecule has 0 radical (unpaired) electrons. The van der Waals surface area contributed by atoms with Crippen molar-refractivity contribution in [1.29, 1.82) is 5.41 Å². The topological polar surface area (TPSA) is 128 Å². The first kappa shape index (κ1) is 29.2. The maximum absolute atomic E-state index is 12.0. The minimum absolute atomic E-state index is 0.135. The van der Waals surface area contributed by atoms with Crippen LogP contribution >= 0.6 is 0 Å². The number of unbranched alkanes of at least 4 members (excludes halogenated alkanes) is 14. The Bertz CT molecular complexity index is 472. The minimum atomic E-state index is -1.02. The molecule has 0 saturated heterocycles. The molecule has 0 rings (SSSR count). The van der Waals surface area contributed by atoms with Gasteiger partial charge in [-0.15, -0.1) is 0 Å². The summed E-state index contributed by atoms with van der Waals surface area (Å²) in [7, 11) is 0. The highest BCUT2D eigenvalue weighted by molar-refractivity contribution is 5.83. The van der Waals surface area contributed by atoms with Crippen molar-refractivity contribution in [3.8, 4) is 0 Å². The smallest absolute Gasteiger partial charge is 0.326 e. The van der Waals surface area contributed by atoms with Crippen molar-refractivity contribution in [1.82, 2.24) is 10.6 Å². The quantitative estimate of drug-likeness (QED) is 0.0911. The summed E-state index contributed by atoms with van der Waals surface area (Å²) >= 11 is 0. The van der Waals surface area contributed by atoms with Gasteiger partial charge < -0.3 is 21.5 Å². The SMILES string of the molecule is CCCCCCCCCCCCCCCCCC(=O)N[C@@H](CCCNC(=N)N)C(=O)O. The van der Waals surface area contributed by atoms with Crippen LogP contribution in [0.4, 0.5) is 0 Å². The molecular weight excluding hydrogens is 392 g/mol. The van der Waals surface area contributed by atoms with E-state index in [1.165, 1.54) is 77.0 Å². The number of hydrogen-bond acceptors (Lipinski definition) is 3. The Morgan fingerprint density at radius 3 is 1.68 bits per heavy atom. The summed E-state index contributed by atoms with van der Waals surface area (Å²) in [6.45, 7) is 2.68. The van der Waals surface area contributed by atoms with E-state index in [1.54, 1.807) is 0 Å². The third-order valence-electron chi connectivity index (χ3n) is 5.63. The molecule has 0 aliphatic heterocycles. The zero-order valence-corrected chi connectivity index (χ0v) is 19.9. The lowest BCUT2D eigenvalue weighted by atomic mass is 10.0. The monoisotopic (exact) mass is 440 g/mol. The van der Waals surface area contributed by atoms with Crippen molar-refractivity contribution in [2.24, 2.45) is 5.73 Å². The van der Waals surface area contributed by atoms with E-state index in [0.717, 1.165) is 19.3 Å². The van der Waals surface area contributed by atoms with Gasteiger partial charge in [-0.05, 0) is 19.3 Å². The summed E-state index contributed by atoms with van der Waals surface area (Å²) in [4.78, 5) is 23.3. The molecule has 7 heteroatoms. The molecule has 0 aliphatic carbocycles. The van der Waals surface area contributed by atoms with Gasteiger partial charge in [0.25, 0.3) is 0 Å². The fourth-order valence-corrected chi connectivity index (χ4v) is 3.71. The molecule has 0 aromatic carbocycles. The molecule has 31 heavy (non-hydrogen) atoms. The fraction of sp³-hybridized carbons (Fsp3) is 0.875. The fourth-order valence-electron chi connectivity index (χ4n) is 3.71. The molecular formula is C24H48N4O3. The van der Waals surface area contributed by atoms with Gasteiger partial charge in [0.2, 0.25) is 5.91 Å². The van der Waals surface area contributed by atoms with Crippen LogP contribution in [0.5, 0.6) is 0 Å². The molecule has 0 unspecified atom stereocenters. The Morgan fingerprint density at radius 2 is 1.26 bits per heavy atom. The molecule has 182 valence electrons. The maximum atomic E-state index is 12.0. The number of carbonyl (C=O) groups is 2. The van der Waals surface area contributed by atoms with E-state index >= 15 is 0 Å². The van der Waals surface area contributed by atoms with Gasteiger partial charge in [0, 0.05) is 13.0 Å². The van der Waals surface area contributed by atoms with Crippen LogP contribution in [-0.2, 0) is 9.59 Å². The van der Waals surface area contributed by atoms with E-state index in [1.807, 2.05) is 0 Å². The van der Waals surface area contributed by atoms with Crippen LogP contribution in [0.2, 0.25) is 0 Å². The normalized spacial score (nSPS) is 11.8. The Morgan fingerprint density at radius 1 is 0.806 bits per heavy atom. The predicted octanol–water partition coefficient (Wildman–Crippen LogP) is 5.08. The first-order valence-corrected chi connectivity index (χ1v) is 12.6. The lowest BCUT2D eigenvalue weighted by molar-refractivity contribution is -0.142. The van der Waals surface area contributed by atoms with Gasteiger partial charge in [-0.2, -0.15) is 0 Å². The number of carboxylic acids is 1. The zero-order chi connectivity index (χ0) is 23.2. The van der Waals surface area contributed by atoms with Crippen LogP contribution in [0.3, 0.4) is 0 Å². The number of carbonyl (C=O) groups excluding carboxylic acids is 1. The summed E-state index contributed by atoms with van der Waals surface area (Å²) in [5.74, 6) is -1.35. The van der Waals surface area contributed by atoms with E-state index < -0.39 is 12.0 Å². The number of hydrogen-bond donors (Lipinski definition) is 5. The van der Waals surface area contributed by atoms with Gasteiger partial charge in [0.05, 0.1) is 0 Å². The standard InChI is InChI=1S/C24H48N4O3/c1-2-3-4-5-6-7-8-9-10-11-12-13-14-15-16-19-22(29)28-21(23(30)31)18-17-20-27-24(25)26/h21H,2-20H2,1H3,(H,28,29)(H,30,31)(H4,25,26,27)/t21-/m0/s1. The molecule has 0 fully saturated rings. The lowest BCUT2D eigenvalue weighted by Crippen LogP contribution is -2.41. The van der Waals surface area contributed by atoms with Crippen LogP contribution in [0.25, 0.3) is 0 Å². The first-order valence-electron chi connectivity index (χ1n) is 12.6. The van der Waals surface area contributed by atoms with Crippen LogP contribution < -0.4 is 16.4 Å². The van der Waals surface area contributed by atoms with Crippen molar-refractivity contribution >= 4 is 17.8 Å². The molecule has 0 spiro atoms. The zero-order valence-electron chi connectivity index (χ0n) is 19.9. The van der Waals surface area contributed by atoms with Gasteiger partial charge in [-0.25, -0.2) is 4.79 Å². The average Bonchev–Trinajstić information content (AvgIpc) is 2.72. The first-order chi connectivity index (χ1) is 15.0. The van der Waals surface area contributed by atoms with Crippen LogP contribution in [0.15, 0.2) is 0 Å². The largest absolute Gasteiger partial charge is 0.480 e. The highest BCUT2D eigenvalue weighted by atomic mass is 16.4. The molecule has 0 heterocycles. The molecule has 1 amide bonds. The second-order valence-corrected chi connectivity index (χ2v) is 8.64. The number of aliphatic carboxylic acids is 1. The third kappa shape index (κ3) is 21.2. The second kappa shape index (κ2) is 21.4. The van der Waals surface area contributed by atoms with Gasteiger partial charge >= 0.3 is 5.97 Å². The number of rotatable bonds is 22. The Balaban J connectivity index is 3.51. The van der Waals surface area contributed by atoms with Crippen molar-refractivity contribution in [2.45, 2.75) is 129 Å². The Labute approximate surface area is 189 Å². The summed E-state index contributed by atoms with van der Waals surface area (Å²) in [6, 6.07) is -0.877. The van der Waals surface area contributed by atoms with Crippen molar-refractivity contribution in [3.05, 3.63) is 0 Å². The summed E-state index contributed by atoms with van der Waals surface area (Å²) in [5.41, 5.74) is 5.18.